The first-order chi connectivity index (χ1) is 8.60. The SMILES string of the molecule is CCCC(O)c1noc(-c2cc(F)cc(Br)c2)n1. The van der Waals surface area contributed by atoms with Crippen LogP contribution in [0.25, 0.3) is 11.5 Å². The van der Waals surface area contributed by atoms with E-state index in [2.05, 4.69) is 26.1 Å². The first-order valence-corrected chi connectivity index (χ1v) is 6.37. The van der Waals surface area contributed by atoms with Crippen molar-refractivity contribution in [1.82, 2.24) is 10.1 Å². The second-order valence-electron chi connectivity index (χ2n) is 3.92. The number of hydrogen-bond acceptors (Lipinski definition) is 4. The predicted molar refractivity (Wildman–Crippen MR) is 67.3 cm³/mol. The highest BCUT2D eigenvalue weighted by Gasteiger charge is 2.16. The summed E-state index contributed by atoms with van der Waals surface area (Å²) in [5, 5.41) is 13.4. The average molecular weight is 315 g/mol. The molecule has 1 atom stereocenters. The summed E-state index contributed by atoms with van der Waals surface area (Å²) in [6.07, 6.45) is 0.632. The van der Waals surface area contributed by atoms with E-state index >= 15 is 0 Å². The molecule has 18 heavy (non-hydrogen) atoms. The van der Waals surface area contributed by atoms with Crippen LogP contribution in [0.5, 0.6) is 0 Å². The third-order valence-corrected chi connectivity index (χ3v) is 2.87. The monoisotopic (exact) mass is 314 g/mol. The molecule has 2 rings (SSSR count). The molecule has 1 unspecified atom stereocenters. The fourth-order valence-corrected chi connectivity index (χ4v) is 2.03. The van der Waals surface area contributed by atoms with Gasteiger partial charge in [-0.1, -0.05) is 34.4 Å². The van der Waals surface area contributed by atoms with Gasteiger partial charge >= 0.3 is 0 Å². The lowest BCUT2D eigenvalue weighted by Crippen LogP contribution is -1.98. The van der Waals surface area contributed by atoms with E-state index in [4.69, 9.17) is 4.52 Å². The molecule has 0 fully saturated rings. The molecule has 4 nitrogen and oxygen atoms in total. The third-order valence-electron chi connectivity index (χ3n) is 2.41. The second-order valence-corrected chi connectivity index (χ2v) is 4.84. The van der Waals surface area contributed by atoms with Gasteiger partial charge in [0.2, 0.25) is 5.82 Å². The van der Waals surface area contributed by atoms with Crippen molar-refractivity contribution in [2.45, 2.75) is 25.9 Å². The molecule has 0 amide bonds. The van der Waals surface area contributed by atoms with Crippen molar-refractivity contribution in [2.75, 3.05) is 0 Å². The van der Waals surface area contributed by atoms with E-state index in [0.29, 0.717) is 16.5 Å². The Kier molecular flexibility index (Phi) is 4.08. The van der Waals surface area contributed by atoms with Crippen LogP contribution in [-0.2, 0) is 0 Å². The smallest absolute Gasteiger partial charge is 0.258 e. The topological polar surface area (TPSA) is 59.2 Å². The van der Waals surface area contributed by atoms with E-state index in [1.807, 2.05) is 6.92 Å². The molecular formula is C12H12BrFN2O2. The summed E-state index contributed by atoms with van der Waals surface area (Å²) in [4.78, 5) is 4.07. The second kappa shape index (κ2) is 5.58. The van der Waals surface area contributed by atoms with Gasteiger partial charge in [0.25, 0.3) is 5.89 Å². The Balaban J connectivity index is 2.29. The quantitative estimate of drug-likeness (QED) is 0.938. The summed E-state index contributed by atoms with van der Waals surface area (Å²) in [6.45, 7) is 1.95. The van der Waals surface area contributed by atoms with Crippen molar-refractivity contribution in [1.29, 1.82) is 0 Å². The Labute approximate surface area is 112 Å². The van der Waals surface area contributed by atoms with Crippen LogP contribution in [0.4, 0.5) is 4.39 Å². The first-order valence-electron chi connectivity index (χ1n) is 5.58. The van der Waals surface area contributed by atoms with E-state index in [9.17, 15) is 9.50 Å². The fraction of sp³-hybridized carbons (Fsp3) is 0.333. The highest BCUT2D eigenvalue weighted by Crippen LogP contribution is 2.25. The van der Waals surface area contributed by atoms with Crippen molar-refractivity contribution >= 4 is 15.9 Å². The Morgan fingerprint density at radius 2 is 2.22 bits per heavy atom. The van der Waals surface area contributed by atoms with Gasteiger partial charge in [0, 0.05) is 10.0 Å². The van der Waals surface area contributed by atoms with Crippen molar-refractivity contribution in [3.8, 4) is 11.5 Å². The summed E-state index contributed by atoms with van der Waals surface area (Å²) in [5.74, 6) is 0.0285. The van der Waals surface area contributed by atoms with E-state index in [1.54, 1.807) is 6.07 Å². The van der Waals surface area contributed by atoms with Crippen LogP contribution >= 0.6 is 15.9 Å². The summed E-state index contributed by atoms with van der Waals surface area (Å²) >= 11 is 3.19. The molecule has 6 heteroatoms. The average Bonchev–Trinajstić information content (AvgIpc) is 2.77. The normalized spacial score (nSPS) is 12.7. The largest absolute Gasteiger partial charge is 0.385 e. The van der Waals surface area contributed by atoms with Crippen LogP contribution in [0.15, 0.2) is 27.2 Å². The molecule has 1 aromatic heterocycles. The van der Waals surface area contributed by atoms with Crippen LogP contribution in [0.2, 0.25) is 0 Å². The molecule has 0 aliphatic heterocycles. The molecule has 2 aromatic rings. The maximum atomic E-state index is 13.2. The van der Waals surface area contributed by atoms with E-state index in [1.165, 1.54) is 12.1 Å². The number of benzene rings is 1. The minimum atomic E-state index is -0.746. The Morgan fingerprint density at radius 3 is 2.89 bits per heavy atom. The lowest BCUT2D eigenvalue weighted by molar-refractivity contribution is 0.153. The number of hydrogen-bond donors (Lipinski definition) is 1. The molecule has 0 spiro atoms. The van der Waals surface area contributed by atoms with Crippen LogP contribution in [0.3, 0.4) is 0 Å². The van der Waals surface area contributed by atoms with E-state index < -0.39 is 11.9 Å². The molecule has 0 saturated heterocycles. The standard InChI is InChI=1S/C12H12BrFN2O2/c1-2-3-10(17)11-15-12(18-16-11)7-4-8(13)6-9(14)5-7/h4-6,10,17H,2-3H2,1H3. The minimum absolute atomic E-state index is 0.195. The highest BCUT2D eigenvalue weighted by molar-refractivity contribution is 9.10. The van der Waals surface area contributed by atoms with Gasteiger partial charge in [-0.25, -0.2) is 4.39 Å². The number of aliphatic hydroxyl groups is 1. The van der Waals surface area contributed by atoms with Crippen molar-refractivity contribution in [2.24, 2.45) is 0 Å². The first kappa shape index (κ1) is 13.2. The van der Waals surface area contributed by atoms with E-state index in [-0.39, 0.29) is 11.7 Å². The zero-order valence-electron chi connectivity index (χ0n) is 9.73. The van der Waals surface area contributed by atoms with Crippen LogP contribution < -0.4 is 0 Å². The lowest BCUT2D eigenvalue weighted by atomic mass is 10.2. The number of rotatable bonds is 4. The summed E-state index contributed by atoms with van der Waals surface area (Å²) in [7, 11) is 0. The highest BCUT2D eigenvalue weighted by atomic mass is 79.9. The maximum Gasteiger partial charge on any atom is 0.258 e. The van der Waals surface area contributed by atoms with Gasteiger partial charge < -0.3 is 9.63 Å². The fourth-order valence-electron chi connectivity index (χ4n) is 1.57. The molecule has 1 heterocycles. The number of halogens is 2. The molecule has 1 N–H and O–H groups in total. The van der Waals surface area contributed by atoms with E-state index in [0.717, 1.165) is 6.42 Å². The van der Waals surface area contributed by atoms with Gasteiger partial charge in [-0.2, -0.15) is 4.98 Å². The minimum Gasteiger partial charge on any atom is -0.385 e. The van der Waals surface area contributed by atoms with Crippen LogP contribution in [0, 0.1) is 5.82 Å². The van der Waals surface area contributed by atoms with Gasteiger partial charge in [-0.15, -0.1) is 0 Å². The van der Waals surface area contributed by atoms with Crippen molar-refractivity contribution < 1.29 is 14.0 Å². The van der Waals surface area contributed by atoms with Gasteiger partial charge in [0.15, 0.2) is 0 Å². The van der Waals surface area contributed by atoms with Gasteiger partial charge in [0.1, 0.15) is 11.9 Å². The van der Waals surface area contributed by atoms with Gasteiger partial charge in [-0.05, 0) is 24.6 Å². The Bertz CT molecular complexity index is 524. The summed E-state index contributed by atoms with van der Waals surface area (Å²) in [6, 6.07) is 4.31. The molecule has 0 radical (unpaired) electrons. The Hall–Kier alpha value is -1.27. The molecular weight excluding hydrogens is 303 g/mol. The maximum absolute atomic E-state index is 13.2. The summed E-state index contributed by atoms with van der Waals surface area (Å²) < 4.78 is 18.8. The van der Waals surface area contributed by atoms with Crippen molar-refractivity contribution in [3.63, 3.8) is 0 Å². The number of aliphatic hydroxyl groups excluding tert-OH is 1. The van der Waals surface area contributed by atoms with Crippen LogP contribution in [-0.4, -0.2) is 15.2 Å². The zero-order valence-corrected chi connectivity index (χ0v) is 11.3. The third kappa shape index (κ3) is 2.94. The zero-order chi connectivity index (χ0) is 13.1. The molecule has 0 saturated carbocycles. The van der Waals surface area contributed by atoms with Crippen LogP contribution in [0.1, 0.15) is 31.7 Å². The van der Waals surface area contributed by atoms with Crippen molar-refractivity contribution in [3.05, 3.63) is 34.3 Å². The number of nitrogens with zero attached hydrogens (tertiary/aromatic N) is 2. The molecule has 0 aliphatic carbocycles. The number of aromatic nitrogens is 2. The molecule has 0 aliphatic rings. The molecule has 1 aromatic carbocycles. The van der Waals surface area contributed by atoms with Gasteiger partial charge in [-0.3, -0.25) is 0 Å². The molecule has 0 bridgehead atoms. The van der Waals surface area contributed by atoms with Gasteiger partial charge in [0.05, 0.1) is 0 Å². The summed E-state index contributed by atoms with van der Waals surface area (Å²) in [5.41, 5.74) is 0.476. The Morgan fingerprint density at radius 1 is 1.44 bits per heavy atom. The lowest BCUT2D eigenvalue weighted by Gasteiger charge is -2.01. The molecule has 96 valence electrons. The predicted octanol–water partition coefficient (Wildman–Crippen LogP) is 3.47.